The fraction of sp³-hybridized carbons (Fsp3) is 0.417. The lowest BCUT2D eigenvalue weighted by Gasteiger charge is -2.40. The van der Waals surface area contributed by atoms with Gasteiger partial charge in [0.15, 0.2) is 0 Å². The average molecular weight is 395 g/mol. The van der Waals surface area contributed by atoms with Crippen LogP contribution in [0, 0.1) is 5.41 Å². The van der Waals surface area contributed by atoms with Gasteiger partial charge in [-0.15, -0.1) is 0 Å². The largest absolute Gasteiger partial charge is 0.384 e. The van der Waals surface area contributed by atoms with Crippen molar-refractivity contribution in [3.63, 3.8) is 0 Å². The normalized spacial score (nSPS) is 15.7. The lowest BCUT2D eigenvalue weighted by Crippen LogP contribution is -2.50. The number of benzene rings is 2. The number of piperidine rings is 1. The van der Waals surface area contributed by atoms with Crippen molar-refractivity contribution in [1.29, 1.82) is 0 Å². The molecule has 29 heavy (non-hydrogen) atoms. The van der Waals surface area contributed by atoms with E-state index in [1.54, 1.807) is 14.2 Å². The summed E-state index contributed by atoms with van der Waals surface area (Å²) in [5.41, 5.74) is 2.99. The Labute approximate surface area is 173 Å². The third-order valence-electron chi connectivity index (χ3n) is 5.88. The molecule has 1 N–H and O–H groups in total. The highest BCUT2D eigenvalue weighted by atomic mass is 16.5. The molecule has 5 heteroatoms. The molecule has 1 aliphatic rings. The Morgan fingerprint density at radius 3 is 2.38 bits per heavy atom. The zero-order valence-electron chi connectivity index (χ0n) is 17.3. The molecule has 1 fully saturated rings. The van der Waals surface area contributed by atoms with E-state index in [-0.39, 0.29) is 11.8 Å². The van der Waals surface area contributed by atoms with Crippen LogP contribution in [0.5, 0.6) is 0 Å². The van der Waals surface area contributed by atoms with Crippen molar-refractivity contribution in [2.24, 2.45) is 5.41 Å². The zero-order valence-corrected chi connectivity index (χ0v) is 17.3. The summed E-state index contributed by atoms with van der Waals surface area (Å²) >= 11 is 0. The first-order valence-corrected chi connectivity index (χ1v) is 10.2. The highest BCUT2D eigenvalue weighted by molar-refractivity contribution is 5.83. The smallest absolute Gasteiger partial charge is 0.226 e. The number of nitrogens with zero attached hydrogens (tertiary/aromatic N) is 1. The Balaban J connectivity index is 1.76. The van der Waals surface area contributed by atoms with Crippen LogP contribution in [-0.4, -0.2) is 50.6 Å². The number of hydrogen-bond donors (Lipinski definition) is 1. The van der Waals surface area contributed by atoms with Gasteiger partial charge < -0.3 is 15.0 Å². The van der Waals surface area contributed by atoms with Crippen LogP contribution in [0.1, 0.15) is 24.8 Å². The van der Waals surface area contributed by atoms with Crippen LogP contribution in [0.25, 0.3) is 11.1 Å². The van der Waals surface area contributed by atoms with Gasteiger partial charge in [0.05, 0.1) is 18.4 Å². The maximum absolute atomic E-state index is 12.9. The van der Waals surface area contributed by atoms with Crippen LogP contribution in [-0.2, 0) is 20.7 Å². The summed E-state index contributed by atoms with van der Waals surface area (Å²) in [4.78, 5) is 27.0. The molecular weight excluding hydrogens is 364 g/mol. The maximum Gasteiger partial charge on any atom is 0.226 e. The van der Waals surface area contributed by atoms with E-state index in [2.05, 4.69) is 41.7 Å². The zero-order chi connectivity index (χ0) is 20.7. The first kappa shape index (κ1) is 21.1. The third-order valence-corrected chi connectivity index (χ3v) is 5.88. The minimum absolute atomic E-state index is 0.0617. The van der Waals surface area contributed by atoms with Gasteiger partial charge in [0.25, 0.3) is 0 Å². The van der Waals surface area contributed by atoms with E-state index in [9.17, 15) is 9.59 Å². The number of likely N-dealkylation sites (tertiary alicyclic amines) is 1. The monoisotopic (exact) mass is 394 g/mol. The Kier molecular flexibility index (Phi) is 7.04. The summed E-state index contributed by atoms with van der Waals surface area (Å²) in [5.74, 6) is 0.162. The molecule has 154 valence electrons. The van der Waals surface area contributed by atoms with Gasteiger partial charge in [0.2, 0.25) is 11.8 Å². The molecule has 2 amide bonds. The highest BCUT2D eigenvalue weighted by Gasteiger charge is 2.41. The first-order valence-electron chi connectivity index (χ1n) is 10.2. The van der Waals surface area contributed by atoms with E-state index >= 15 is 0 Å². The van der Waals surface area contributed by atoms with Crippen molar-refractivity contribution in [3.8, 4) is 11.1 Å². The van der Waals surface area contributed by atoms with Gasteiger partial charge in [-0.1, -0.05) is 54.6 Å². The number of hydrogen-bond acceptors (Lipinski definition) is 3. The number of carbonyl (C=O) groups excluding carboxylic acids is 2. The molecule has 2 aromatic rings. The van der Waals surface area contributed by atoms with Crippen molar-refractivity contribution in [1.82, 2.24) is 10.2 Å². The Hall–Kier alpha value is -2.66. The van der Waals surface area contributed by atoms with Crippen molar-refractivity contribution in [2.75, 3.05) is 33.9 Å². The molecule has 1 heterocycles. The van der Waals surface area contributed by atoms with Crippen LogP contribution < -0.4 is 5.32 Å². The predicted octanol–water partition coefficient (Wildman–Crippen LogP) is 3.29. The molecule has 0 aliphatic carbocycles. The fourth-order valence-corrected chi connectivity index (χ4v) is 4.16. The molecule has 0 unspecified atom stereocenters. The molecule has 0 bridgehead atoms. The summed E-state index contributed by atoms with van der Waals surface area (Å²) in [6.45, 7) is 1.64. The van der Waals surface area contributed by atoms with E-state index in [0.29, 0.717) is 45.4 Å². The SMILES string of the molecule is CNC(=O)C1(Cc2cccc(-c3ccccc3)c2)CCN(C(=O)CCOC)CC1. The molecule has 5 nitrogen and oxygen atoms in total. The average Bonchev–Trinajstić information content (AvgIpc) is 2.78. The van der Waals surface area contributed by atoms with Gasteiger partial charge in [-0.3, -0.25) is 9.59 Å². The molecule has 1 saturated heterocycles. The van der Waals surface area contributed by atoms with Crippen LogP contribution in [0.4, 0.5) is 0 Å². The molecule has 0 aromatic heterocycles. The fourth-order valence-electron chi connectivity index (χ4n) is 4.16. The lowest BCUT2D eigenvalue weighted by molar-refractivity contribution is -0.140. The number of ether oxygens (including phenoxy) is 1. The molecule has 0 saturated carbocycles. The lowest BCUT2D eigenvalue weighted by atomic mass is 9.72. The van der Waals surface area contributed by atoms with Crippen molar-refractivity contribution < 1.29 is 14.3 Å². The number of carbonyl (C=O) groups is 2. The maximum atomic E-state index is 12.9. The Bertz CT molecular complexity index is 827. The second kappa shape index (κ2) is 9.70. The Morgan fingerprint density at radius 1 is 1.03 bits per heavy atom. The van der Waals surface area contributed by atoms with Crippen LogP contribution in [0.3, 0.4) is 0 Å². The number of methoxy groups -OCH3 is 1. The van der Waals surface area contributed by atoms with Gasteiger partial charge in [0, 0.05) is 27.2 Å². The van der Waals surface area contributed by atoms with Gasteiger partial charge >= 0.3 is 0 Å². The van der Waals surface area contributed by atoms with Crippen molar-refractivity contribution in [2.45, 2.75) is 25.7 Å². The van der Waals surface area contributed by atoms with Crippen molar-refractivity contribution in [3.05, 3.63) is 60.2 Å². The first-order chi connectivity index (χ1) is 14.1. The van der Waals surface area contributed by atoms with Gasteiger partial charge in [-0.25, -0.2) is 0 Å². The van der Waals surface area contributed by atoms with Gasteiger partial charge in [-0.05, 0) is 36.0 Å². The third kappa shape index (κ3) is 5.04. The molecule has 0 radical (unpaired) electrons. The molecule has 2 aromatic carbocycles. The summed E-state index contributed by atoms with van der Waals surface area (Å²) < 4.78 is 5.01. The van der Waals surface area contributed by atoms with E-state index in [4.69, 9.17) is 4.74 Å². The van der Waals surface area contributed by atoms with E-state index in [1.165, 1.54) is 5.56 Å². The molecule has 0 atom stereocenters. The molecule has 0 spiro atoms. The van der Waals surface area contributed by atoms with E-state index in [1.807, 2.05) is 23.1 Å². The van der Waals surface area contributed by atoms with E-state index < -0.39 is 5.41 Å². The summed E-state index contributed by atoms with van der Waals surface area (Å²) in [5, 5.41) is 2.86. The minimum Gasteiger partial charge on any atom is -0.384 e. The summed E-state index contributed by atoms with van der Waals surface area (Å²) in [6, 6.07) is 18.7. The van der Waals surface area contributed by atoms with Crippen molar-refractivity contribution >= 4 is 11.8 Å². The number of rotatable bonds is 7. The highest BCUT2D eigenvalue weighted by Crippen LogP contribution is 2.36. The summed E-state index contributed by atoms with van der Waals surface area (Å²) in [6.07, 6.45) is 2.40. The second-order valence-corrected chi connectivity index (χ2v) is 7.73. The predicted molar refractivity (Wildman–Crippen MR) is 114 cm³/mol. The van der Waals surface area contributed by atoms with Gasteiger partial charge in [-0.2, -0.15) is 0 Å². The number of nitrogens with one attached hydrogen (secondary N) is 1. The van der Waals surface area contributed by atoms with Gasteiger partial charge in [0.1, 0.15) is 0 Å². The topological polar surface area (TPSA) is 58.6 Å². The van der Waals surface area contributed by atoms with Crippen LogP contribution in [0.2, 0.25) is 0 Å². The molecule has 3 rings (SSSR count). The van der Waals surface area contributed by atoms with Crippen LogP contribution in [0.15, 0.2) is 54.6 Å². The summed E-state index contributed by atoms with van der Waals surface area (Å²) in [7, 11) is 3.30. The Morgan fingerprint density at radius 2 is 1.72 bits per heavy atom. The molecule has 1 aliphatic heterocycles. The van der Waals surface area contributed by atoms with Crippen LogP contribution >= 0.6 is 0 Å². The quantitative estimate of drug-likeness (QED) is 0.784. The number of amides is 2. The standard InChI is InChI=1S/C24H30N2O3/c1-25-23(28)24(12-14-26(15-13-24)22(27)11-16-29-2)18-19-7-6-10-21(17-19)20-8-4-3-5-9-20/h3-10,17H,11-16,18H2,1-2H3,(H,25,28). The minimum atomic E-state index is -0.484. The van der Waals surface area contributed by atoms with E-state index in [0.717, 1.165) is 11.1 Å². The second-order valence-electron chi connectivity index (χ2n) is 7.73. The molecular formula is C24H30N2O3.